The lowest BCUT2D eigenvalue weighted by Gasteiger charge is -2.13. The number of hydrogen-bond donors (Lipinski definition) is 1. The predicted octanol–water partition coefficient (Wildman–Crippen LogP) is 2.84. The van der Waals surface area contributed by atoms with E-state index in [4.69, 9.17) is 0 Å². The molecule has 17 heavy (non-hydrogen) atoms. The molecule has 0 aliphatic heterocycles. The third-order valence-corrected chi connectivity index (χ3v) is 3.29. The van der Waals surface area contributed by atoms with Crippen LogP contribution in [0.15, 0.2) is 18.2 Å². The molecule has 0 saturated heterocycles. The van der Waals surface area contributed by atoms with Gasteiger partial charge in [0.25, 0.3) is 5.91 Å². The monoisotopic (exact) mass is 259 g/mol. The minimum atomic E-state index is -1.10. The van der Waals surface area contributed by atoms with Crippen LogP contribution in [0.5, 0.6) is 0 Å². The Labute approximate surface area is 104 Å². The third-order valence-electron chi connectivity index (χ3n) is 2.15. The SMILES string of the molecule is CCSCC(C)NC(=O)c1cccc(F)c1F. The summed E-state index contributed by atoms with van der Waals surface area (Å²) >= 11 is 1.68. The van der Waals surface area contributed by atoms with E-state index >= 15 is 0 Å². The van der Waals surface area contributed by atoms with Crippen LogP contribution >= 0.6 is 11.8 Å². The zero-order valence-corrected chi connectivity index (χ0v) is 10.6. The molecule has 1 unspecified atom stereocenters. The van der Waals surface area contributed by atoms with Crippen molar-refractivity contribution in [3.8, 4) is 0 Å². The number of nitrogens with one attached hydrogen (secondary N) is 1. The van der Waals surface area contributed by atoms with Gasteiger partial charge in [-0.15, -0.1) is 0 Å². The molecule has 0 fully saturated rings. The number of amides is 1. The van der Waals surface area contributed by atoms with Crippen LogP contribution in [0, 0.1) is 11.6 Å². The summed E-state index contributed by atoms with van der Waals surface area (Å²) in [7, 11) is 0. The van der Waals surface area contributed by atoms with Gasteiger partial charge in [0, 0.05) is 11.8 Å². The van der Waals surface area contributed by atoms with E-state index in [1.165, 1.54) is 12.1 Å². The summed E-state index contributed by atoms with van der Waals surface area (Å²) < 4.78 is 26.2. The summed E-state index contributed by atoms with van der Waals surface area (Å²) in [6, 6.07) is 3.50. The van der Waals surface area contributed by atoms with Gasteiger partial charge in [-0.25, -0.2) is 8.78 Å². The molecule has 1 aromatic carbocycles. The molecule has 1 amide bonds. The molecular formula is C12H15F2NOS. The average molecular weight is 259 g/mol. The summed E-state index contributed by atoms with van der Waals surface area (Å²) in [4.78, 5) is 11.7. The van der Waals surface area contributed by atoms with Crippen molar-refractivity contribution in [3.63, 3.8) is 0 Å². The number of carbonyl (C=O) groups excluding carboxylic acids is 1. The van der Waals surface area contributed by atoms with Crippen LogP contribution in [-0.2, 0) is 0 Å². The van der Waals surface area contributed by atoms with Crippen molar-refractivity contribution < 1.29 is 13.6 Å². The number of hydrogen-bond acceptors (Lipinski definition) is 2. The molecule has 1 rings (SSSR count). The highest BCUT2D eigenvalue weighted by Gasteiger charge is 2.16. The Bertz CT molecular complexity index is 398. The minimum Gasteiger partial charge on any atom is -0.349 e. The van der Waals surface area contributed by atoms with E-state index in [1.54, 1.807) is 11.8 Å². The molecule has 0 bridgehead atoms. The smallest absolute Gasteiger partial charge is 0.254 e. The van der Waals surface area contributed by atoms with E-state index in [9.17, 15) is 13.6 Å². The summed E-state index contributed by atoms with van der Waals surface area (Å²) in [6.45, 7) is 3.85. The first kappa shape index (κ1) is 14.0. The molecule has 0 spiro atoms. The van der Waals surface area contributed by atoms with Crippen LogP contribution in [0.25, 0.3) is 0 Å². The number of rotatable bonds is 5. The van der Waals surface area contributed by atoms with Gasteiger partial charge in [0.2, 0.25) is 0 Å². The van der Waals surface area contributed by atoms with Crippen LogP contribution in [0.3, 0.4) is 0 Å². The Hall–Kier alpha value is -1.10. The molecule has 1 N–H and O–H groups in total. The van der Waals surface area contributed by atoms with Gasteiger partial charge in [-0.3, -0.25) is 4.79 Å². The normalized spacial score (nSPS) is 12.2. The van der Waals surface area contributed by atoms with Crippen LogP contribution in [-0.4, -0.2) is 23.5 Å². The van der Waals surface area contributed by atoms with E-state index in [-0.39, 0.29) is 11.6 Å². The minimum absolute atomic E-state index is 0.0740. The van der Waals surface area contributed by atoms with Gasteiger partial charge >= 0.3 is 0 Å². The number of halogens is 2. The average Bonchev–Trinajstić information content (AvgIpc) is 2.29. The van der Waals surface area contributed by atoms with E-state index in [2.05, 4.69) is 5.32 Å². The van der Waals surface area contributed by atoms with Crippen LogP contribution in [0.2, 0.25) is 0 Å². The van der Waals surface area contributed by atoms with E-state index in [1.807, 2.05) is 13.8 Å². The highest BCUT2D eigenvalue weighted by molar-refractivity contribution is 7.99. The molecule has 0 aliphatic rings. The maximum absolute atomic E-state index is 13.3. The molecule has 0 radical (unpaired) electrons. The zero-order valence-electron chi connectivity index (χ0n) is 9.80. The van der Waals surface area contributed by atoms with Gasteiger partial charge in [-0.2, -0.15) is 11.8 Å². The molecule has 0 aromatic heterocycles. The highest BCUT2D eigenvalue weighted by atomic mass is 32.2. The molecule has 5 heteroatoms. The van der Waals surface area contributed by atoms with Crippen molar-refractivity contribution in [1.82, 2.24) is 5.32 Å². The van der Waals surface area contributed by atoms with Crippen molar-refractivity contribution in [2.24, 2.45) is 0 Å². The number of carbonyl (C=O) groups is 1. The van der Waals surface area contributed by atoms with E-state index in [0.29, 0.717) is 0 Å². The molecule has 0 heterocycles. The zero-order chi connectivity index (χ0) is 12.8. The largest absolute Gasteiger partial charge is 0.349 e. The van der Waals surface area contributed by atoms with E-state index < -0.39 is 17.5 Å². The Morgan fingerprint density at radius 2 is 2.18 bits per heavy atom. The van der Waals surface area contributed by atoms with Gasteiger partial charge in [0.1, 0.15) is 0 Å². The summed E-state index contributed by atoms with van der Waals surface area (Å²) in [5.41, 5.74) is -0.252. The van der Waals surface area contributed by atoms with Crippen molar-refractivity contribution in [1.29, 1.82) is 0 Å². The second-order valence-electron chi connectivity index (χ2n) is 3.64. The second kappa shape index (κ2) is 6.59. The van der Waals surface area contributed by atoms with Gasteiger partial charge < -0.3 is 5.32 Å². The molecule has 94 valence electrons. The highest BCUT2D eigenvalue weighted by Crippen LogP contribution is 2.11. The van der Waals surface area contributed by atoms with Crippen molar-refractivity contribution in [2.75, 3.05) is 11.5 Å². The van der Waals surface area contributed by atoms with Crippen LogP contribution in [0.4, 0.5) is 8.78 Å². The Morgan fingerprint density at radius 3 is 2.82 bits per heavy atom. The standard InChI is InChI=1S/C12H15F2NOS/c1-3-17-7-8(2)15-12(16)9-5-4-6-10(13)11(9)14/h4-6,8H,3,7H2,1-2H3,(H,15,16). The maximum Gasteiger partial charge on any atom is 0.254 e. The van der Waals surface area contributed by atoms with Crippen molar-refractivity contribution >= 4 is 17.7 Å². The fourth-order valence-corrected chi connectivity index (χ4v) is 1.99. The Balaban J connectivity index is 2.67. The number of thioether (sulfide) groups is 1. The van der Waals surface area contributed by atoms with Crippen LogP contribution in [0.1, 0.15) is 24.2 Å². The van der Waals surface area contributed by atoms with Gasteiger partial charge in [-0.1, -0.05) is 13.0 Å². The predicted molar refractivity (Wildman–Crippen MR) is 66.3 cm³/mol. The molecule has 0 saturated carbocycles. The fraction of sp³-hybridized carbons (Fsp3) is 0.417. The maximum atomic E-state index is 13.3. The first-order valence-electron chi connectivity index (χ1n) is 5.38. The van der Waals surface area contributed by atoms with Gasteiger partial charge in [0.15, 0.2) is 11.6 Å². The molecule has 2 nitrogen and oxygen atoms in total. The molecule has 1 atom stereocenters. The Morgan fingerprint density at radius 1 is 1.47 bits per heavy atom. The summed E-state index contributed by atoms with van der Waals surface area (Å²) in [6.07, 6.45) is 0. The molecule has 0 aliphatic carbocycles. The van der Waals surface area contributed by atoms with Gasteiger partial charge in [-0.05, 0) is 24.8 Å². The van der Waals surface area contributed by atoms with Crippen molar-refractivity contribution in [2.45, 2.75) is 19.9 Å². The van der Waals surface area contributed by atoms with Crippen molar-refractivity contribution in [3.05, 3.63) is 35.4 Å². The first-order valence-corrected chi connectivity index (χ1v) is 6.54. The summed E-state index contributed by atoms with van der Waals surface area (Å²) in [5.74, 6) is -0.979. The lowest BCUT2D eigenvalue weighted by molar-refractivity contribution is 0.0938. The molecule has 1 aromatic rings. The first-order chi connectivity index (χ1) is 8.06. The molecular weight excluding hydrogens is 244 g/mol. The Kier molecular flexibility index (Phi) is 5.41. The van der Waals surface area contributed by atoms with E-state index in [0.717, 1.165) is 17.6 Å². The van der Waals surface area contributed by atoms with Crippen LogP contribution < -0.4 is 5.32 Å². The quantitative estimate of drug-likeness (QED) is 0.881. The fourth-order valence-electron chi connectivity index (χ4n) is 1.32. The second-order valence-corrected chi connectivity index (χ2v) is 4.95. The number of benzene rings is 1. The van der Waals surface area contributed by atoms with Gasteiger partial charge in [0.05, 0.1) is 5.56 Å². The third kappa shape index (κ3) is 4.00. The summed E-state index contributed by atoms with van der Waals surface area (Å²) in [5, 5.41) is 2.63. The topological polar surface area (TPSA) is 29.1 Å². The lowest BCUT2D eigenvalue weighted by Crippen LogP contribution is -2.34. The lowest BCUT2D eigenvalue weighted by atomic mass is 10.2.